The van der Waals surface area contributed by atoms with Crippen molar-refractivity contribution < 1.29 is 9.84 Å². The van der Waals surface area contributed by atoms with Crippen molar-refractivity contribution in [3.63, 3.8) is 0 Å². The average Bonchev–Trinajstić information content (AvgIpc) is 2.59. The predicted octanol–water partition coefficient (Wildman–Crippen LogP) is 4.71. The highest BCUT2D eigenvalue weighted by atomic mass is 16.5. The van der Waals surface area contributed by atoms with E-state index in [9.17, 15) is 5.11 Å². The van der Waals surface area contributed by atoms with Gasteiger partial charge in [0.15, 0.2) is 0 Å². The molecular formula is C22H28O2. The van der Waals surface area contributed by atoms with Crippen LogP contribution in [0.4, 0.5) is 0 Å². The topological polar surface area (TPSA) is 29.5 Å². The average molecular weight is 324 g/mol. The van der Waals surface area contributed by atoms with Gasteiger partial charge in [0.2, 0.25) is 0 Å². The van der Waals surface area contributed by atoms with Gasteiger partial charge < -0.3 is 9.84 Å². The maximum Gasteiger partial charge on any atom is 0.118 e. The summed E-state index contributed by atoms with van der Waals surface area (Å²) >= 11 is 0. The first kappa shape index (κ1) is 17.1. The van der Waals surface area contributed by atoms with Crippen LogP contribution in [0.1, 0.15) is 57.9 Å². The first-order chi connectivity index (χ1) is 11.5. The van der Waals surface area contributed by atoms with Crippen molar-refractivity contribution in [2.24, 2.45) is 11.3 Å². The molecule has 0 aromatic heterocycles. The van der Waals surface area contributed by atoms with E-state index in [4.69, 9.17) is 4.74 Å². The van der Waals surface area contributed by atoms with Gasteiger partial charge in [-0.15, -0.1) is 0 Å². The van der Waals surface area contributed by atoms with Gasteiger partial charge in [-0.3, -0.25) is 0 Å². The molecule has 2 unspecified atom stereocenters. The molecule has 0 heterocycles. The van der Waals surface area contributed by atoms with Crippen molar-refractivity contribution in [3.05, 3.63) is 41.0 Å². The molecule has 1 N–H and O–H groups in total. The molecule has 0 bridgehead atoms. The van der Waals surface area contributed by atoms with Crippen LogP contribution in [0.3, 0.4) is 0 Å². The van der Waals surface area contributed by atoms with Crippen molar-refractivity contribution in [1.29, 1.82) is 0 Å². The quantitative estimate of drug-likeness (QED) is 0.630. The van der Waals surface area contributed by atoms with Crippen LogP contribution in [-0.2, 0) is 0 Å². The summed E-state index contributed by atoms with van der Waals surface area (Å²) in [4.78, 5) is 0. The molecule has 0 fully saturated rings. The lowest BCUT2D eigenvalue weighted by Crippen LogP contribution is -2.30. The van der Waals surface area contributed by atoms with Crippen LogP contribution in [-0.4, -0.2) is 18.3 Å². The van der Waals surface area contributed by atoms with Crippen LogP contribution in [0.2, 0.25) is 0 Å². The van der Waals surface area contributed by atoms with E-state index in [1.54, 1.807) is 18.3 Å². The molecule has 2 heteroatoms. The van der Waals surface area contributed by atoms with Gasteiger partial charge in [0.1, 0.15) is 11.9 Å². The Hall–Kier alpha value is -1.72. The molecule has 0 saturated heterocycles. The summed E-state index contributed by atoms with van der Waals surface area (Å²) in [7, 11) is 1.66. The maximum absolute atomic E-state index is 10.6. The third-order valence-corrected chi connectivity index (χ3v) is 5.71. The molecule has 1 aromatic rings. The molecule has 128 valence electrons. The Labute approximate surface area is 145 Å². The van der Waals surface area contributed by atoms with E-state index in [2.05, 4.69) is 25.7 Å². The molecule has 0 saturated carbocycles. The molecule has 2 nitrogen and oxygen atoms in total. The van der Waals surface area contributed by atoms with Crippen LogP contribution in [0, 0.1) is 23.2 Å². The van der Waals surface area contributed by atoms with Crippen molar-refractivity contribution in [2.45, 2.75) is 58.5 Å². The molecule has 24 heavy (non-hydrogen) atoms. The van der Waals surface area contributed by atoms with Crippen LogP contribution in [0.5, 0.6) is 5.75 Å². The van der Waals surface area contributed by atoms with E-state index < -0.39 is 6.10 Å². The van der Waals surface area contributed by atoms with Gasteiger partial charge in [-0.25, -0.2) is 0 Å². The van der Waals surface area contributed by atoms with E-state index >= 15 is 0 Å². The third kappa shape index (κ3) is 3.68. The summed E-state index contributed by atoms with van der Waals surface area (Å²) in [5.41, 5.74) is 4.49. The van der Waals surface area contributed by atoms with Gasteiger partial charge in [0.05, 0.1) is 7.11 Å². The molecule has 2 atom stereocenters. The minimum absolute atomic E-state index is 0.270. The number of aliphatic hydroxyl groups excluding tert-OH is 1. The molecule has 0 aliphatic heterocycles. The summed E-state index contributed by atoms with van der Waals surface area (Å²) in [6.45, 7) is 4.72. The Balaban J connectivity index is 1.69. The van der Waals surface area contributed by atoms with Gasteiger partial charge in [-0.1, -0.05) is 36.8 Å². The fourth-order valence-electron chi connectivity index (χ4n) is 4.16. The fraction of sp³-hybridized carbons (Fsp3) is 0.545. The van der Waals surface area contributed by atoms with Crippen molar-refractivity contribution >= 4 is 0 Å². The second-order valence-electron chi connectivity index (χ2n) is 7.77. The van der Waals surface area contributed by atoms with Gasteiger partial charge in [0, 0.05) is 11.5 Å². The molecule has 0 radical (unpaired) electrons. The van der Waals surface area contributed by atoms with E-state index in [1.807, 2.05) is 24.3 Å². The van der Waals surface area contributed by atoms with Crippen molar-refractivity contribution in [1.82, 2.24) is 0 Å². The summed E-state index contributed by atoms with van der Waals surface area (Å²) < 4.78 is 5.16. The Morgan fingerprint density at radius 1 is 1.21 bits per heavy atom. The first-order valence-electron chi connectivity index (χ1n) is 9.04. The molecule has 2 aliphatic rings. The second kappa shape index (κ2) is 7.03. The van der Waals surface area contributed by atoms with Crippen molar-refractivity contribution in [2.75, 3.05) is 7.11 Å². The zero-order valence-electron chi connectivity index (χ0n) is 15.1. The van der Waals surface area contributed by atoms with E-state index in [0.717, 1.165) is 30.6 Å². The number of hydrogen-bond acceptors (Lipinski definition) is 2. The maximum atomic E-state index is 10.6. The summed E-state index contributed by atoms with van der Waals surface area (Å²) in [6, 6.07) is 7.67. The minimum Gasteiger partial charge on any atom is -0.497 e. The van der Waals surface area contributed by atoms with E-state index in [-0.39, 0.29) is 5.92 Å². The predicted molar refractivity (Wildman–Crippen MR) is 97.9 cm³/mol. The third-order valence-electron chi connectivity index (χ3n) is 5.71. The Bertz CT molecular complexity index is 670. The number of rotatable bonds is 2. The summed E-state index contributed by atoms with van der Waals surface area (Å²) in [5.74, 6) is 7.28. The van der Waals surface area contributed by atoms with Crippen LogP contribution >= 0.6 is 0 Å². The van der Waals surface area contributed by atoms with Gasteiger partial charge in [-0.2, -0.15) is 0 Å². The molecule has 1 aromatic carbocycles. The number of aliphatic hydroxyl groups is 1. The zero-order chi connectivity index (χ0) is 17.2. The summed E-state index contributed by atoms with van der Waals surface area (Å²) in [5, 5.41) is 10.6. The number of methoxy groups -OCH3 is 1. The largest absolute Gasteiger partial charge is 0.497 e. The van der Waals surface area contributed by atoms with E-state index in [1.165, 1.54) is 19.3 Å². The number of allylic oxidation sites excluding steroid dienone is 2. The minimum atomic E-state index is -0.543. The van der Waals surface area contributed by atoms with Crippen LogP contribution < -0.4 is 4.74 Å². The highest BCUT2D eigenvalue weighted by molar-refractivity contribution is 5.39. The van der Waals surface area contributed by atoms with Crippen molar-refractivity contribution in [3.8, 4) is 17.6 Å². The standard InChI is InChI=1S/C22H28O2/c1-22(2)14-4-5-17-9-10-18(15-20(17)22)21(23)13-8-16-6-11-19(24-3)12-7-16/h6-7,11-12,18,21,23H,4-5,9-10,14-15H2,1-3H3. The number of benzene rings is 1. The van der Waals surface area contributed by atoms with Crippen LogP contribution in [0.25, 0.3) is 0 Å². The molecular weight excluding hydrogens is 296 g/mol. The number of ether oxygens (including phenoxy) is 1. The van der Waals surface area contributed by atoms with Gasteiger partial charge in [0.25, 0.3) is 0 Å². The highest BCUT2D eigenvalue weighted by Gasteiger charge is 2.35. The Kier molecular flexibility index (Phi) is 5.01. The number of hydrogen-bond donors (Lipinski definition) is 1. The highest BCUT2D eigenvalue weighted by Crippen LogP contribution is 2.48. The molecule has 3 rings (SSSR count). The lowest BCUT2D eigenvalue weighted by Gasteiger charge is -2.41. The molecule has 0 spiro atoms. The monoisotopic (exact) mass is 324 g/mol. The zero-order valence-corrected chi connectivity index (χ0v) is 15.1. The first-order valence-corrected chi connectivity index (χ1v) is 9.04. The lowest BCUT2D eigenvalue weighted by atomic mass is 9.65. The van der Waals surface area contributed by atoms with Gasteiger partial charge >= 0.3 is 0 Å². The van der Waals surface area contributed by atoms with Crippen LogP contribution in [0.15, 0.2) is 35.4 Å². The lowest BCUT2D eigenvalue weighted by molar-refractivity contribution is 0.141. The summed E-state index contributed by atoms with van der Waals surface area (Å²) in [6.07, 6.45) is 6.53. The SMILES string of the molecule is COc1ccc(C#CC(O)C2CCC3=C(C2)C(C)(C)CCC3)cc1. The molecule has 0 amide bonds. The smallest absolute Gasteiger partial charge is 0.118 e. The molecule has 2 aliphatic carbocycles. The Morgan fingerprint density at radius 2 is 1.96 bits per heavy atom. The van der Waals surface area contributed by atoms with E-state index in [0.29, 0.717) is 5.41 Å². The normalized spacial score (nSPS) is 23.8. The second-order valence-corrected chi connectivity index (χ2v) is 7.77. The fourth-order valence-corrected chi connectivity index (χ4v) is 4.16. The van der Waals surface area contributed by atoms with Gasteiger partial charge in [-0.05, 0) is 68.2 Å². The Morgan fingerprint density at radius 3 is 2.67 bits per heavy atom.